The maximum absolute atomic E-state index is 10.9. The SMILES string of the molecule is O[C@H]1[C@@H]2[C@@H](OCc3ccccc3)[C@H](OCc3ccccc3)[C@@H](OCc3ccccc3)CN2C[C@@H]1O. The smallest absolute Gasteiger partial charge is 0.113 e. The minimum atomic E-state index is -0.909. The lowest BCUT2D eigenvalue weighted by atomic mass is 9.91. The molecule has 35 heavy (non-hydrogen) atoms. The number of piperidine rings is 1. The van der Waals surface area contributed by atoms with Crippen molar-refractivity contribution in [3.63, 3.8) is 0 Å². The molecule has 0 saturated carbocycles. The molecule has 6 nitrogen and oxygen atoms in total. The summed E-state index contributed by atoms with van der Waals surface area (Å²) in [5.74, 6) is 0. The van der Waals surface area contributed by atoms with Gasteiger partial charge in [-0.1, -0.05) is 91.0 Å². The number of aliphatic hydroxyl groups is 2. The topological polar surface area (TPSA) is 71.4 Å². The van der Waals surface area contributed by atoms with Crippen LogP contribution in [0.25, 0.3) is 0 Å². The van der Waals surface area contributed by atoms with Gasteiger partial charge in [-0.2, -0.15) is 0 Å². The Kier molecular flexibility index (Phi) is 7.88. The molecule has 0 spiro atoms. The van der Waals surface area contributed by atoms with Crippen LogP contribution in [0.5, 0.6) is 0 Å². The zero-order chi connectivity index (χ0) is 24.0. The molecule has 2 fully saturated rings. The first kappa shape index (κ1) is 24.1. The van der Waals surface area contributed by atoms with Crippen LogP contribution in [0, 0.1) is 0 Å². The van der Waals surface area contributed by atoms with Gasteiger partial charge in [0.2, 0.25) is 0 Å². The van der Waals surface area contributed by atoms with Crippen molar-refractivity contribution in [1.82, 2.24) is 4.90 Å². The Labute approximate surface area is 206 Å². The Bertz CT molecular complexity index is 1030. The predicted molar refractivity (Wildman–Crippen MR) is 132 cm³/mol. The van der Waals surface area contributed by atoms with E-state index in [1.165, 1.54) is 0 Å². The van der Waals surface area contributed by atoms with Crippen molar-refractivity contribution in [2.75, 3.05) is 13.1 Å². The van der Waals surface area contributed by atoms with E-state index in [1.807, 2.05) is 91.0 Å². The highest BCUT2D eigenvalue weighted by Gasteiger charge is 2.54. The number of nitrogens with zero attached hydrogens (tertiary/aromatic N) is 1. The zero-order valence-corrected chi connectivity index (χ0v) is 19.7. The van der Waals surface area contributed by atoms with Crippen molar-refractivity contribution in [3.8, 4) is 0 Å². The molecule has 6 heteroatoms. The average molecular weight is 476 g/mol. The number of hydrogen-bond donors (Lipinski definition) is 2. The lowest BCUT2D eigenvalue weighted by Gasteiger charge is -2.46. The van der Waals surface area contributed by atoms with Crippen molar-refractivity contribution in [2.24, 2.45) is 0 Å². The molecule has 2 heterocycles. The fraction of sp³-hybridized carbons (Fsp3) is 0.379. The van der Waals surface area contributed by atoms with E-state index in [0.717, 1.165) is 16.7 Å². The molecule has 2 saturated heterocycles. The van der Waals surface area contributed by atoms with Crippen molar-refractivity contribution >= 4 is 0 Å². The van der Waals surface area contributed by atoms with Crippen LogP contribution in [0.15, 0.2) is 91.0 Å². The molecule has 0 radical (unpaired) electrons. The first-order chi connectivity index (χ1) is 17.2. The largest absolute Gasteiger partial charge is 0.389 e. The molecular weight excluding hydrogens is 442 g/mol. The molecule has 5 rings (SSSR count). The molecule has 2 aliphatic heterocycles. The third-order valence-electron chi connectivity index (χ3n) is 6.91. The fourth-order valence-electron chi connectivity index (χ4n) is 5.11. The number of rotatable bonds is 9. The van der Waals surface area contributed by atoms with Crippen LogP contribution < -0.4 is 0 Å². The van der Waals surface area contributed by atoms with Crippen LogP contribution in [0.1, 0.15) is 16.7 Å². The highest BCUT2D eigenvalue weighted by molar-refractivity contribution is 5.16. The molecule has 0 unspecified atom stereocenters. The van der Waals surface area contributed by atoms with Gasteiger partial charge >= 0.3 is 0 Å². The van der Waals surface area contributed by atoms with E-state index in [0.29, 0.717) is 32.9 Å². The molecule has 184 valence electrons. The first-order valence-corrected chi connectivity index (χ1v) is 12.3. The van der Waals surface area contributed by atoms with Crippen LogP contribution in [0.4, 0.5) is 0 Å². The number of aliphatic hydroxyl groups excluding tert-OH is 2. The third-order valence-corrected chi connectivity index (χ3v) is 6.91. The summed E-state index contributed by atoms with van der Waals surface area (Å²) in [5, 5.41) is 21.4. The fourth-order valence-corrected chi connectivity index (χ4v) is 5.11. The van der Waals surface area contributed by atoms with Gasteiger partial charge in [-0.15, -0.1) is 0 Å². The summed E-state index contributed by atoms with van der Waals surface area (Å²) < 4.78 is 19.4. The molecular formula is C29H33NO5. The van der Waals surface area contributed by atoms with Gasteiger partial charge < -0.3 is 24.4 Å². The first-order valence-electron chi connectivity index (χ1n) is 12.3. The number of ether oxygens (including phenoxy) is 3. The van der Waals surface area contributed by atoms with E-state index < -0.39 is 24.4 Å². The van der Waals surface area contributed by atoms with Crippen LogP contribution in [0.3, 0.4) is 0 Å². The van der Waals surface area contributed by atoms with E-state index >= 15 is 0 Å². The minimum absolute atomic E-state index is 0.284. The van der Waals surface area contributed by atoms with Gasteiger partial charge in [0, 0.05) is 13.1 Å². The summed E-state index contributed by atoms with van der Waals surface area (Å²) in [7, 11) is 0. The van der Waals surface area contributed by atoms with E-state index in [4.69, 9.17) is 14.2 Å². The number of benzene rings is 3. The maximum atomic E-state index is 10.9. The van der Waals surface area contributed by atoms with Gasteiger partial charge in [0.15, 0.2) is 0 Å². The van der Waals surface area contributed by atoms with Gasteiger partial charge in [-0.3, -0.25) is 4.90 Å². The van der Waals surface area contributed by atoms with Gasteiger partial charge in [-0.05, 0) is 16.7 Å². The van der Waals surface area contributed by atoms with Crippen molar-refractivity contribution in [3.05, 3.63) is 108 Å². The monoisotopic (exact) mass is 475 g/mol. The molecule has 2 N–H and O–H groups in total. The summed E-state index contributed by atoms with van der Waals surface area (Å²) in [6.45, 7) is 2.18. The Morgan fingerprint density at radius 1 is 0.600 bits per heavy atom. The summed E-state index contributed by atoms with van der Waals surface area (Å²) >= 11 is 0. The van der Waals surface area contributed by atoms with Gasteiger partial charge in [0.05, 0.1) is 44.2 Å². The highest BCUT2D eigenvalue weighted by Crippen LogP contribution is 2.34. The van der Waals surface area contributed by atoms with Crippen LogP contribution in [0.2, 0.25) is 0 Å². The summed E-state index contributed by atoms with van der Waals surface area (Å²) in [6, 6.07) is 29.7. The zero-order valence-electron chi connectivity index (χ0n) is 19.7. The minimum Gasteiger partial charge on any atom is -0.389 e. The lowest BCUT2D eigenvalue weighted by molar-refractivity contribution is -0.205. The number of hydrogen-bond acceptors (Lipinski definition) is 6. The Morgan fingerprint density at radius 2 is 1.06 bits per heavy atom. The Morgan fingerprint density at radius 3 is 1.57 bits per heavy atom. The molecule has 3 aromatic rings. The van der Waals surface area contributed by atoms with Crippen LogP contribution in [-0.4, -0.2) is 64.8 Å². The summed E-state index contributed by atoms with van der Waals surface area (Å²) in [6.07, 6.45) is -2.91. The number of fused-ring (bicyclic) bond motifs is 1. The highest BCUT2D eigenvalue weighted by atomic mass is 16.6. The van der Waals surface area contributed by atoms with Crippen LogP contribution >= 0.6 is 0 Å². The second-order valence-corrected chi connectivity index (χ2v) is 9.36. The third kappa shape index (κ3) is 5.81. The quantitative estimate of drug-likeness (QED) is 0.496. The lowest BCUT2D eigenvalue weighted by Crippen LogP contribution is -2.63. The molecule has 3 aromatic carbocycles. The molecule has 2 aliphatic rings. The van der Waals surface area contributed by atoms with E-state index in [1.54, 1.807) is 0 Å². The standard InChI is InChI=1S/C29H33NO5/c31-24-16-30-17-25(33-18-21-10-4-1-5-11-21)28(34-19-22-12-6-2-7-13-22)29(26(30)27(24)32)35-20-23-14-8-3-9-15-23/h1-15,24-29,31-32H,16-20H2/t24-,25-,26+,27+,28+,29+/m0/s1. The van der Waals surface area contributed by atoms with Gasteiger partial charge in [0.1, 0.15) is 12.2 Å². The van der Waals surface area contributed by atoms with E-state index in [-0.39, 0.29) is 12.1 Å². The molecule has 0 aliphatic carbocycles. The van der Waals surface area contributed by atoms with Crippen molar-refractivity contribution in [1.29, 1.82) is 0 Å². The van der Waals surface area contributed by atoms with Gasteiger partial charge in [-0.25, -0.2) is 0 Å². The second kappa shape index (κ2) is 11.4. The normalized spacial score (nSPS) is 28.6. The Hall–Kier alpha value is -2.58. The molecule has 0 aromatic heterocycles. The Balaban J connectivity index is 1.39. The second-order valence-electron chi connectivity index (χ2n) is 9.36. The molecule has 0 bridgehead atoms. The summed E-state index contributed by atoms with van der Waals surface area (Å²) in [4.78, 5) is 2.09. The van der Waals surface area contributed by atoms with Crippen molar-refractivity contribution < 1.29 is 24.4 Å². The maximum Gasteiger partial charge on any atom is 0.113 e. The average Bonchev–Trinajstić information content (AvgIpc) is 3.19. The summed E-state index contributed by atoms with van der Waals surface area (Å²) in [5.41, 5.74) is 3.19. The molecule has 0 amide bonds. The van der Waals surface area contributed by atoms with Crippen LogP contribution in [-0.2, 0) is 34.0 Å². The van der Waals surface area contributed by atoms with Crippen molar-refractivity contribution in [2.45, 2.75) is 56.4 Å². The van der Waals surface area contributed by atoms with E-state index in [9.17, 15) is 10.2 Å². The van der Waals surface area contributed by atoms with Gasteiger partial charge in [0.25, 0.3) is 0 Å². The molecule has 6 atom stereocenters. The predicted octanol–water partition coefficient (Wildman–Crippen LogP) is 3.16. The van der Waals surface area contributed by atoms with E-state index in [2.05, 4.69) is 4.90 Å².